The highest BCUT2D eigenvalue weighted by Crippen LogP contribution is 2.40. The molecule has 0 unspecified atom stereocenters. The van der Waals surface area contributed by atoms with Gasteiger partial charge in [0.15, 0.2) is 5.69 Å². The fourth-order valence-corrected chi connectivity index (χ4v) is 7.43. The molecule has 0 N–H and O–H groups in total. The van der Waals surface area contributed by atoms with Crippen LogP contribution in [0.1, 0.15) is 11.1 Å². The van der Waals surface area contributed by atoms with Crippen molar-refractivity contribution in [3.8, 4) is 45.8 Å². The molecule has 2 aromatic heterocycles. The molecule has 0 aliphatic heterocycles. The van der Waals surface area contributed by atoms with Crippen molar-refractivity contribution in [1.82, 2.24) is 9.13 Å². The summed E-state index contributed by atoms with van der Waals surface area (Å²) in [4.78, 5) is 3.72. The topological polar surface area (TPSA) is 61.8 Å². The molecule has 0 spiro atoms. The van der Waals surface area contributed by atoms with E-state index in [0.717, 1.165) is 77.2 Å². The smallest absolute Gasteiger partial charge is 0.189 e. The molecule has 0 saturated heterocycles. The van der Waals surface area contributed by atoms with Gasteiger partial charge in [0.05, 0.1) is 46.0 Å². The number of rotatable bonds is 4. The Morgan fingerprint density at radius 2 is 1.12 bits per heavy atom. The minimum absolute atomic E-state index is 0.579. The molecular weight excluding hydrogens is 611 g/mol. The van der Waals surface area contributed by atoms with Crippen LogP contribution in [0.3, 0.4) is 0 Å². The van der Waals surface area contributed by atoms with Gasteiger partial charge in [-0.25, -0.2) is 4.85 Å². The van der Waals surface area contributed by atoms with Crippen molar-refractivity contribution in [3.05, 3.63) is 174 Å². The van der Waals surface area contributed by atoms with E-state index in [9.17, 15) is 10.5 Å². The molecule has 0 aliphatic carbocycles. The highest BCUT2D eigenvalue weighted by Gasteiger charge is 2.19. The van der Waals surface area contributed by atoms with Gasteiger partial charge < -0.3 is 9.13 Å². The monoisotopic (exact) mass is 635 g/mol. The summed E-state index contributed by atoms with van der Waals surface area (Å²) in [6.45, 7) is 7.67. The lowest BCUT2D eigenvalue weighted by molar-refractivity contribution is 1.18. The number of para-hydroxylation sites is 3. The van der Waals surface area contributed by atoms with Gasteiger partial charge in [0.25, 0.3) is 0 Å². The fourth-order valence-electron chi connectivity index (χ4n) is 7.43. The average molecular weight is 636 g/mol. The van der Waals surface area contributed by atoms with E-state index in [1.165, 1.54) is 0 Å². The quantitative estimate of drug-likeness (QED) is 0.181. The van der Waals surface area contributed by atoms with Crippen molar-refractivity contribution >= 4 is 49.3 Å². The van der Waals surface area contributed by atoms with Crippen molar-refractivity contribution in [3.63, 3.8) is 0 Å². The van der Waals surface area contributed by atoms with Crippen LogP contribution in [-0.2, 0) is 0 Å². The number of aromatic nitrogens is 2. The molecule has 9 aromatic rings. The summed E-state index contributed by atoms with van der Waals surface area (Å²) in [5, 5.41) is 24.6. The van der Waals surface area contributed by atoms with Gasteiger partial charge in [0.1, 0.15) is 6.07 Å². The van der Waals surface area contributed by atoms with Gasteiger partial charge in [-0.2, -0.15) is 10.5 Å². The third kappa shape index (κ3) is 4.31. The lowest BCUT2D eigenvalue weighted by atomic mass is 9.91. The molecule has 50 heavy (non-hydrogen) atoms. The number of hydrogen-bond acceptors (Lipinski definition) is 2. The first-order valence-electron chi connectivity index (χ1n) is 16.3. The van der Waals surface area contributed by atoms with Gasteiger partial charge in [-0.15, -0.1) is 0 Å². The van der Waals surface area contributed by atoms with Gasteiger partial charge in [-0.3, -0.25) is 0 Å². The Bertz CT molecular complexity index is 2960. The second kappa shape index (κ2) is 11.4. The predicted molar refractivity (Wildman–Crippen MR) is 202 cm³/mol. The Labute approximate surface area is 288 Å². The summed E-state index contributed by atoms with van der Waals surface area (Å²) in [7, 11) is 0. The summed E-state index contributed by atoms with van der Waals surface area (Å²) in [5.74, 6) is 0. The minimum Gasteiger partial charge on any atom is -0.310 e. The molecule has 0 atom stereocenters. The average Bonchev–Trinajstić information content (AvgIpc) is 3.69. The Balaban J connectivity index is 1.20. The highest BCUT2D eigenvalue weighted by molar-refractivity contribution is 6.11. The minimum atomic E-state index is 0.579. The van der Waals surface area contributed by atoms with Crippen molar-refractivity contribution in [1.29, 1.82) is 10.5 Å². The summed E-state index contributed by atoms with van der Waals surface area (Å²) in [6, 6.07) is 55.5. The molecule has 0 fully saturated rings. The van der Waals surface area contributed by atoms with Crippen molar-refractivity contribution in [2.75, 3.05) is 0 Å². The Morgan fingerprint density at radius 1 is 0.480 bits per heavy atom. The van der Waals surface area contributed by atoms with Crippen molar-refractivity contribution < 1.29 is 0 Å². The SMILES string of the molecule is [C-]#[N+]c1ccc2c3ccccc3n(-c3ccccc3-c3cccc(-c4ccc(-n5c6ccccc6c6cc(C#N)ccc65)cc4)c3C#N)c2c1. The van der Waals surface area contributed by atoms with E-state index in [0.29, 0.717) is 16.8 Å². The maximum absolute atomic E-state index is 10.7. The number of fused-ring (bicyclic) bond motifs is 6. The molecule has 9 rings (SSSR count). The van der Waals surface area contributed by atoms with Crippen molar-refractivity contribution in [2.24, 2.45) is 0 Å². The van der Waals surface area contributed by atoms with Crippen LogP contribution in [0.4, 0.5) is 5.69 Å². The van der Waals surface area contributed by atoms with E-state index in [2.05, 4.69) is 86.8 Å². The normalized spacial score (nSPS) is 11.1. The van der Waals surface area contributed by atoms with E-state index in [1.54, 1.807) is 0 Å². The zero-order valence-electron chi connectivity index (χ0n) is 26.7. The van der Waals surface area contributed by atoms with Crippen LogP contribution in [0.25, 0.3) is 82.1 Å². The molecular formula is C45H25N5. The number of nitrogens with zero attached hydrogens (tertiary/aromatic N) is 5. The van der Waals surface area contributed by atoms with Gasteiger partial charge in [0.2, 0.25) is 0 Å². The summed E-state index contributed by atoms with van der Waals surface area (Å²) in [6.07, 6.45) is 0. The number of benzene rings is 7. The molecule has 2 heterocycles. The lowest BCUT2D eigenvalue weighted by Gasteiger charge is -2.17. The molecule has 0 amide bonds. The van der Waals surface area contributed by atoms with Gasteiger partial charge in [-0.1, -0.05) is 97.1 Å². The van der Waals surface area contributed by atoms with Crippen LogP contribution >= 0.6 is 0 Å². The third-order valence-electron chi connectivity index (χ3n) is 9.64. The van der Waals surface area contributed by atoms with E-state index in [-0.39, 0.29) is 0 Å². The fraction of sp³-hybridized carbons (Fsp3) is 0. The maximum Gasteiger partial charge on any atom is 0.189 e. The third-order valence-corrected chi connectivity index (χ3v) is 9.64. The molecule has 0 bridgehead atoms. The second-order valence-corrected chi connectivity index (χ2v) is 12.3. The second-order valence-electron chi connectivity index (χ2n) is 12.3. The van der Waals surface area contributed by atoms with Crippen LogP contribution in [0.2, 0.25) is 0 Å². The zero-order chi connectivity index (χ0) is 33.8. The number of nitriles is 2. The lowest BCUT2D eigenvalue weighted by Crippen LogP contribution is -1.99. The predicted octanol–water partition coefficient (Wildman–Crippen LogP) is 11.5. The van der Waals surface area contributed by atoms with E-state index < -0.39 is 0 Å². The van der Waals surface area contributed by atoms with Crippen molar-refractivity contribution in [2.45, 2.75) is 0 Å². The molecule has 7 aromatic carbocycles. The van der Waals surface area contributed by atoms with E-state index in [1.807, 2.05) is 91.0 Å². The van der Waals surface area contributed by atoms with E-state index in [4.69, 9.17) is 6.57 Å². The first kappa shape index (κ1) is 28.8. The van der Waals surface area contributed by atoms with Gasteiger partial charge >= 0.3 is 0 Å². The standard InChI is InChI=1S/C45H25N5/c1-48-31-20-23-38-36-10-3-7-16-43(36)50(45(38)26-31)42-15-6-2-9-35(42)34-13-8-12-33(40(34)28-47)30-18-21-32(22-19-30)49-41-14-5-4-11-37(41)39-25-29(27-46)17-24-44(39)49/h2-26H. The molecule has 0 radical (unpaired) electrons. The summed E-state index contributed by atoms with van der Waals surface area (Å²) < 4.78 is 4.43. The highest BCUT2D eigenvalue weighted by atomic mass is 15.0. The molecule has 5 nitrogen and oxygen atoms in total. The van der Waals surface area contributed by atoms with E-state index >= 15 is 0 Å². The summed E-state index contributed by atoms with van der Waals surface area (Å²) in [5.41, 5.74) is 11.4. The Kier molecular flexibility index (Phi) is 6.56. The largest absolute Gasteiger partial charge is 0.310 e. The van der Waals surface area contributed by atoms with Crippen LogP contribution in [-0.4, -0.2) is 9.13 Å². The van der Waals surface area contributed by atoms with Crippen LogP contribution in [0.5, 0.6) is 0 Å². The molecule has 0 aliphatic rings. The molecule has 0 saturated carbocycles. The van der Waals surface area contributed by atoms with Gasteiger partial charge in [0, 0.05) is 49.4 Å². The number of hydrogen-bond donors (Lipinski definition) is 0. The first-order valence-corrected chi connectivity index (χ1v) is 16.3. The van der Waals surface area contributed by atoms with Gasteiger partial charge in [-0.05, 0) is 60.2 Å². The zero-order valence-corrected chi connectivity index (χ0v) is 26.7. The Hall–Kier alpha value is -7.39. The Morgan fingerprint density at radius 3 is 1.88 bits per heavy atom. The summed E-state index contributed by atoms with van der Waals surface area (Å²) >= 11 is 0. The molecule has 5 heteroatoms. The molecule has 230 valence electrons. The van der Waals surface area contributed by atoms with Crippen LogP contribution < -0.4 is 0 Å². The van der Waals surface area contributed by atoms with Crippen LogP contribution in [0.15, 0.2) is 152 Å². The first-order chi connectivity index (χ1) is 24.7. The van der Waals surface area contributed by atoms with Crippen LogP contribution in [0, 0.1) is 29.2 Å². The maximum atomic E-state index is 10.7.